The van der Waals surface area contributed by atoms with Crippen LogP contribution in [0.4, 0.5) is 31.1 Å². The van der Waals surface area contributed by atoms with Crippen LogP contribution >= 0.6 is 11.6 Å². The van der Waals surface area contributed by atoms with Crippen LogP contribution in [0, 0.1) is 0 Å². The highest BCUT2D eigenvalue weighted by Crippen LogP contribution is 2.36. The number of benzene rings is 1. The third-order valence-corrected chi connectivity index (χ3v) is 2.11. The molecule has 0 spiro atoms. The molecular weight excluding hydrogens is 302 g/mol. The fourth-order valence-corrected chi connectivity index (χ4v) is 1.30. The molecule has 2 nitrogen and oxygen atoms in total. The van der Waals surface area contributed by atoms with Gasteiger partial charge in [0.1, 0.15) is 6.61 Å². The number of carbonyl (C=O) groups is 1. The highest BCUT2D eigenvalue weighted by Gasteiger charge is 2.36. The van der Waals surface area contributed by atoms with Crippen LogP contribution < -0.4 is 0 Å². The maximum Gasteiger partial charge on any atom is 0.416 e. The van der Waals surface area contributed by atoms with E-state index in [2.05, 4.69) is 4.74 Å². The molecule has 0 amide bonds. The van der Waals surface area contributed by atoms with E-state index in [0.29, 0.717) is 12.1 Å². The first-order chi connectivity index (χ1) is 8.50. The third kappa shape index (κ3) is 4.62. The summed E-state index contributed by atoms with van der Waals surface area (Å²) in [6.45, 7) is -0.782. The summed E-state index contributed by atoms with van der Waals surface area (Å²) in [5.41, 5.74) is -4.76. The lowest BCUT2D eigenvalue weighted by Crippen LogP contribution is -2.12. The van der Waals surface area contributed by atoms with Gasteiger partial charge in [0, 0.05) is 11.6 Å². The van der Waals surface area contributed by atoms with Crippen LogP contribution in [0.25, 0.3) is 0 Å². The molecule has 0 radical (unpaired) electrons. The van der Waals surface area contributed by atoms with Crippen LogP contribution in [0.15, 0.2) is 18.2 Å². The van der Waals surface area contributed by atoms with E-state index in [-0.39, 0.29) is 6.07 Å². The lowest BCUT2D eigenvalue weighted by atomic mass is 10.1. The van der Waals surface area contributed by atoms with Gasteiger partial charge in [0.2, 0.25) is 0 Å². The molecule has 1 aromatic rings. The zero-order valence-corrected chi connectivity index (χ0v) is 9.66. The number of halogens is 7. The molecule has 0 unspecified atom stereocenters. The number of carbonyl (C=O) groups excluding carboxylic acids is 1. The average molecular weight is 307 g/mol. The maximum absolute atomic E-state index is 12.4. The average Bonchev–Trinajstić information content (AvgIpc) is 2.23. The van der Waals surface area contributed by atoms with Crippen molar-refractivity contribution in [1.82, 2.24) is 0 Å². The van der Waals surface area contributed by atoms with Gasteiger partial charge in [-0.2, -0.15) is 26.3 Å². The SMILES string of the molecule is O=C(Cl)OCc1cc(C(F)(F)F)cc(C(F)(F)F)c1. The molecule has 19 heavy (non-hydrogen) atoms. The molecule has 0 aliphatic carbocycles. The van der Waals surface area contributed by atoms with Crippen molar-refractivity contribution in [3.8, 4) is 0 Å². The fraction of sp³-hybridized carbons (Fsp3) is 0.300. The molecule has 0 saturated heterocycles. The smallest absolute Gasteiger partial charge is 0.416 e. The standard InChI is InChI=1S/C10H5ClF6O2/c11-8(18)19-4-5-1-6(9(12,13)14)3-7(2-5)10(15,16)17/h1-3H,4H2. The molecular formula is C10H5ClF6O2. The van der Waals surface area contributed by atoms with Gasteiger partial charge in [-0.15, -0.1) is 0 Å². The van der Waals surface area contributed by atoms with E-state index in [9.17, 15) is 31.1 Å². The first kappa shape index (κ1) is 15.6. The second kappa shape index (κ2) is 5.28. The molecule has 0 atom stereocenters. The van der Waals surface area contributed by atoms with Crippen molar-refractivity contribution >= 4 is 17.0 Å². The van der Waals surface area contributed by atoms with Crippen LogP contribution in [0.3, 0.4) is 0 Å². The monoisotopic (exact) mass is 306 g/mol. The highest BCUT2D eigenvalue weighted by molar-refractivity contribution is 6.61. The summed E-state index contributed by atoms with van der Waals surface area (Å²) >= 11 is 4.78. The predicted molar refractivity (Wildman–Crippen MR) is 52.5 cm³/mol. The fourth-order valence-electron chi connectivity index (χ4n) is 1.24. The number of ether oxygens (including phenoxy) is 1. The minimum atomic E-state index is -4.94. The number of alkyl halides is 6. The Morgan fingerprint density at radius 3 is 1.74 bits per heavy atom. The summed E-state index contributed by atoms with van der Waals surface area (Å²) in [5.74, 6) is 0. The Balaban J connectivity index is 3.21. The van der Waals surface area contributed by atoms with Crippen LogP contribution in [0.2, 0.25) is 0 Å². The predicted octanol–water partition coefficient (Wildman–Crippen LogP) is 4.60. The topological polar surface area (TPSA) is 26.3 Å². The van der Waals surface area contributed by atoms with Gasteiger partial charge in [-0.05, 0) is 23.8 Å². The first-order valence-corrected chi connectivity index (χ1v) is 4.98. The summed E-state index contributed by atoms with van der Waals surface area (Å²) in [6, 6.07) is 0.885. The molecule has 0 aliphatic heterocycles. The van der Waals surface area contributed by atoms with E-state index in [1.807, 2.05) is 0 Å². The van der Waals surface area contributed by atoms with Gasteiger partial charge in [0.05, 0.1) is 11.1 Å². The van der Waals surface area contributed by atoms with Crippen LogP contribution in [0.1, 0.15) is 16.7 Å². The largest absolute Gasteiger partial charge is 0.449 e. The summed E-state index contributed by atoms with van der Waals surface area (Å²) < 4.78 is 78.8. The van der Waals surface area contributed by atoms with E-state index in [4.69, 9.17) is 11.6 Å². The Hall–Kier alpha value is -1.44. The second-order valence-corrected chi connectivity index (χ2v) is 3.75. The van der Waals surface area contributed by atoms with Crippen molar-refractivity contribution in [1.29, 1.82) is 0 Å². The van der Waals surface area contributed by atoms with Crippen molar-refractivity contribution in [3.05, 3.63) is 34.9 Å². The summed E-state index contributed by atoms with van der Waals surface area (Å²) in [7, 11) is 0. The molecule has 1 rings (SSSR count). The Bertz CT molecular complexity index is 448. The van der Waals surface area contributed by atoms with E-state index in [1.54, 1.807) is 0 Å². The molecule has 0 heterocycles. The van der Waals surface area contributed by atoms with Gasteiger partial charge in [-0.3, -0.25) is 0 Å². The minimum Gasteiger partial charge on any atom is -0.449 e. The zero-order chi connectivity index (χ0) is 14.8. The van der Waals surface area contributed by atoms with Crippen molar-refractivity contribution < 1.29 is 35.9 Å². The Kier molecular flexibility index (Phi) is 4.34. The van der Waals surface area contributed by atoms with E-state index in [0.717, 1.165) is 0 Å². The Morgan fingerprint density at radius 2 is 1.42 bits per heavy atom. The Labute approximate surface area is 107 Å². The molecule has 106 valence electrons. The molecule has 0 bridgehead atoms. The first-order valence-electron chi connectivity index (χ1n) is 4.61. The quantitative estimate of drug-likeness (QED) is 0.589. The number of hydrogen-bond donors (Lipinski definition) is 0. The van der Waals surface area contributed by atoms with Gasteiger partial charge in [0.25, 0.3) is 0 Å². The van der Waals surface area contributed by atoms with E-state index in [1.165, 1.54) is 0 Å². The summed E-state index contributed by atoms with van der Waals surface area (Å²) in [5, 5.41) is 0. The lowest BCUT2D eigenvalue weighted by molar-refractivity contribution is -0.143. The van der Waals surface area contributed by atoms with Gasteiger partial charge in [-0.25, -0.2) is 4.79 Å². The minimum absolute atomic E-state index is 0.0218. The molecule has 0 aliphatic rings. The van der Waals surface area contributed by atoms with Crippen LogP contribution in [-0.2, 0) is 23.7 Å². The molecule has 0 saturated carbocycles. The maximum atomic E-state index is 12.4. The molecule has 9 heteroatoms. The second-order valence-electron chi connectivity index (χ2n) is 3.44. The number of rotatable bonds is 2. The Morgan fingerprint density at radius 1 is 1.00 bits per heavy atom. The van der Waals surface area contributed by atoms with Crippen LogP contribution in [-0.4, -0.2) is 5.43 Å². The third-order valence-electron chi connectivity index (χ3n) is 2.00. The molecule has 0 N–H and O–H groups in total. The summed E-state index contributed by atoms with van der Waals surface area (Å²) in [4.78, 5) is 10.3. The lowest BCUT2D eigenvalue weighted by Gasteiger charge is -2.13. The summed E-state index contributed by atoms with van der Waals surface area (Å²) in [6.07, 6.45) is -9.89. The van der Waals surface area contributed by atoms with Gasteiger partial charge < -0.3 is 4.74 Å². The van der Waals surface area contributed by atoms with Crippen molar-refractivity contribution in [3.63, 3.8) is 0 Å². The van der Waals surface area contributed by atoms with Crippen molar-refractivity contribution in [2.24, 2.45) is 0 Å². The van der Waals surface area contributed by atoms with Crippen molar-refractivity contribution in [2.45, 2.75) is 19.0 Å². The zero-order valence-electron chi connectivity index (χ0n) is 8.90. The van der Waals surface area contributed by atoms with Gasteiger partial charge in [0.15, 0.2) is 0 Å². The molecule has 0 aromatic heterocycles. The van der Waals surface area contributed by atoms with Gasteiger partial charge in [-0.1, -0.05) is 0 Å². The normalized spacial score (nSPS) is 12.4. The van der Waals surface area contributed by atoms with E-state index >= 15 is 0 Å². The highest BCUT2D eigenvalue weighted by atomic mass is 35.5. The molecule has 1 aromatic carbocycles. The van der Waals surface area contributed by atoms with Crippen molar-refractivity contribution in [2.75, 3.05) is 0 Å². The molecule has 0 fully saturated rings. The van der Waals surface area contributed by atoms with E-state index < -0.39 is 41.1 Å². The number of hydrogen-bond acceptors (Lipinski definition) is 2. The van der Waals surface area contributed by atoms with Gasteiger partial charge >= 0.3 is 17.8 Å². The van der Waals surface area contributed by atoms with Crippen LogP contribution in [0.5, 0.6) is 0 Å².